The summed E-state index contributed by atoms with van der Waals surface area (Å²) in [6.45, 7) is -23.1. The van der Waals surface area contributed by atoms with Gasteiger partial charge in [-0.05, 0) is 137 Å². The van der Waals surface area contributed by atoms with Gasteiger partial charge in [0.2, 0.25) is 0 Å². The van der Waals surface area contributed by atoms with E-state index < -0.39 is 188 Å². The zero-order chi connectivity index (χ0) is 82.3. The Labute approximate surface area is 519 Å². The van der Waals surface area contributed by atoms with Gasteiger partial charge in [0.1, 0.15) is 5.82 Å². The quantitative estimate of drug-likeness (QED) is 0.118. The van der Waals surface area contributed by atoms with Crippen LogP contribution in [0, 0.1) is 18.5 Å². The van der Waals surface area contributed by atoms with E-state index in [1.807, 2.05) is 47.0 Å². The fourth-order valence-electron chi connectivity index (χ4n) is 10.2. The van der Waals surface area contributed by atoms with E-state index in [0.717, 1.165) is 32.5 Å². The van der Waals surface area contributed by atoms with Crippen LogP contribution in [0.5, 0.6) is 11.5 Å². The molecule has 0 atom stereocenters. The second-order valence-corrected chi connectivity index (χ2v) is 21.8. The number of fused-ring (bicyclic) bond motifs is 6. The third-order valence-corrected chi connectivity index (χ3v) is 14.1. The first kappa shape index (κ1) is 25.9. The van der Waals surface area contributed by atoms with Crippen LogP contribution in [0.3, 0.4) is 0 Å². The zero-order valence-corrected chi connectivity index (χ0v) is 44.9. The normalized spacial score (nSPS) is 25.4. The van der Waals surface area contributed by atoms with E-state index in [1.54, 1.807) is 51.2 Å². The molecule has 0 N–H and O–H groups in total. The van der Waals surface area contributed by atoms with Gasteiger partial charge >= 0.3 is 0 Å². The molecule has 0 aliphatic heterocycles. The fourth-order valence-corrected chi connectivity index (χ4v) is 10.2. The molecule has 0 saturated heterocycles. The van der Waals surface area contributed by atoms with Crippen molar-refractivity contribution in [1.82, 2.24) is 14.1 Å². The van der Waals surface area contributed by atoms with E-state index in [0.29, 0.717) is 11.3 Å². The monoisotopic (exact) mass is 1230 g/mol. The predicted octanol–water partition coefficient (Wildman–Crippen LogP) is 17.8. The number of ether oxygens (including phenoxy) is 1. The van der Waals surface area contributed by atoms with Crippen molar-refractivity contribution in [2.45, 2.75) is 148 Å². The molecule has 6 heteroatoms. The van der Waals surface area contributed by atoms with E-state index in [1.165, 1.54) is 34.9 Å². The number of benzene rings is 7. The summed E-state index contributed by atoms with van der Waals surface area (Å²) in [6.07, 6.45) is -6.47. The van der Waals surface area contributed by atoms with Gasteiger partial charge < -0.3 is 13.9 Å². The van der Waals surface area contributed by atoms with Crippen LogP contribution in [0.1, 0.15) is 196 Å². The maximum atomic E-state index is 10.6. The maximum Gasteiger partial charge on any atom is 0.268 e. The summed E-state index contributed by atoms with van der Waals surface area (Å²) in [5.41, 5.74) is -26.5. The van der Waals surface area contributed by atoms with Crippen LogP contribution < -0.4 is 9.30 Å². The molecule has 0 spiro atoms. The Hall–Kier alpha value is -6.55. The van der Waals surface area contributed by atoms with Crippen LogP contribution in [0.15, 0.2) is 146 Å². The molecule has 10 aromatic rings. The minimum absolute atomic E-state index is 0. The second kappa shape index (κ2) is 18.3. The first-order valence-corrected chi connectivity index (χ1v) is 24.5. The summed E-state index contributed by atoms with van der Waals surface area (Å²) in [6, 6.07) is 25.7. The Morgan fingerprint density at radius 2 is 1.21 bits per heavy atom. The van der Waals surface area contributed by atoms with Gasteiger partial charge in [-0.15, -0.1) is 29.7 Å². The minimum atomic E-state index is -4.80. The van der Waals surface area contributed by atoms with E-state index in [9.17, 15) is 13.7 Å². The average Bonchev–Trinajstić information content (AvgIpc) is 1.43. The summed E-state index contributed by atoms with van der Waals surface area (Å²) in [5.74, 6) is 0.805. The third kappa shape index (κ3) is 8.99. The Bertz CT molecular complexity index is 5400. The molecule has 0 unspecified atom stereocenters. The number of nitrogens with zero attached hydrogens (tertiary/aromatic N) is 4. The van der Waals surface area contributed by atoms with E-state index >= 15 is 0 Å². The molecule has 0 amide bonds. The Kier molecular flexibility index (Phi) is 6.16. The van der Waals surface area contributed by atoms with Crippen LogP contribution >= 0.6 is 0 Å². The van der Waals surface area contributed by atoms with Crippen molar-refractivity contribution in [3.05, 3.63) is 197 Å². The molecule has 2 aliphatic carbocycles. The summed E-state index contributed by atoms with van der Waals surface area (Å²) in [7, 11) is 0. The molecule has 7 aromatic carbocycles. The van der Waals surface area contributed by atoms with Gasteiger partial charge in [0.05, 0.1) is 24.9 Å². The van der Waals surface area contributed by atoms with Crippen LogP contribution in [0.2, 0.25) is 0 Å². The molecule has 0 fully saturated rings. The van der Waals surface area contributed by atoms with Gasteiger partial charge in [0.15, 0.2) is 0 Å². The molecule has 0 radical (unpaired) electrons. The van der Waals surface area contributed by atoms with Crippen molar-refractivity contribution < 1.29 is 77.0 Å². The topological polar surface area (TPSA) is 35.9 Å². The first-order valence-electron chi connectivity index (χ1n) is 41.5. The maximum absolute atomic E-state index is 10.6. The van der Waals surface area contributed by atoms with Gasteiger partial charge in [-0.25, -0.2) is 4.98 Å². The number of hydrogen-bond donors (Lipinski definition) is 0. The first-order chi connectivity index (χ1) is 50.0. The van der Waals surface area contributed by atoms with Crippen molar-refractivity contribution in [3.63, 3.8) is 0 Å². The Balaban J connectivity index is 0.0000122. The van der Waals surface area contributed by atoms with Gasteiger partial charge in [0.25, 0.3) is 6.33 Å². The number of hydrogen-bond acceptors (Lipinski definition) is 2. The van der Waals surface area contributed by atoms with Crippen LogP contribution in [-0.2, 0) is 53.6 Å². The predicted molar refractivity (Wildman–Crippen MR) is 314 cm³/mol. The zero-order valence-electron chi connectivity index (χ0n) is 76.6. The molecular weight excluding hydrogens is 1120 g/mol. The molecule has 3 aromatic heterocycles. The second-order valence-electron chi connectivity index (χ2n) is 21.8. The van der Waals surface area contributed by atoms with Crippen molar-refractivity contribution in [3.8, 4) is 50.9 Å². The van der Waals surface area contributed by atoms with Gasteiger partial charge in [-0.3, -0.25) is 4.57 Å². The largest absolute Gasteiger partial charge is 0.510 e. The minimum Gasteiger partial charge on any atom is -0.510 e. The molecular formula is C71H72N4OPt-2. The van der Waals surface area contributed by atoms with Gasteiger partial charge in [0, 0.05) is 82.7 Å². The number of rotatable bonds is 7. The van der Waals surface area contributed by atoms with E-state index in [-0.39, 0.29) is 60.3 Å². The molecule has 77 heavy (non-hydrogen) atoms. The van der Waals surface area contributed by atoms with Crippen molar-refractivity contribution >= 4 is 32.8 Å². The van der Waals surface area contributed by atoms with Crippen molar-refractivity contribution in [2.75, 3.05) is 0 Å². The van der Waals surface area contributed by atoms with Crippen molar-refractivity contribution in [1.29, 1.82) is 0 Å². The molecule has 3 heterocycles. The number of pyridine rings is 1. The number of aromatic nitrogens is 4. The van der Waals surface area contributed by atoms with Gasteiger partial charge in [-0.2, -0.15) is 18.2 Å². The SMILES string of the molecule is [2H]c1c([2H])c2c(c([2H])c1-c1cc(C(C)(C)C)cc(-c3c([2H])c([2H])c4c(c3[2H])C(C([2H])([2H])[2H])(C([2H])([2H])[2H])C([2H])([2H])C([2H])([2H])C4(C([2H])([2H])[2H])C([2H])([2H])[2H])c1-[n+]1[c-]n(-c3[c-]c(Oc4[c-]c5c(cc4)c4ccccc4n5-c4cc(C(C)(C)C)ccn4)ccc3)c3ccccc31)C(C([2H])([2H])[2H])(C([2H])([2H])[2H])CC2(C([2H])([2H])[2H])C([2H])([2H])[2H].[Pt]. The molecule has 2 aliphatic rings. The Morgan fingerprint density at radius 3 is 1.88 bits per heavy atom. The molecule has 12 rings (SSSR count). The van der Waals surface area contributed by atoms with Crippen LogP contribution in [0.25, 0.3) is 72.3 Å². The smallest absolute Gasteiger partial charge is 0.268 e. The third-order valence-electron chi connectivity index (χ3n) is 14.1. The fraction of sp³-hybridized carbons (Fsp3) is 0.324. The molecule has 0 saturated carbocycles. The standard InChI is InChI=1S/C71H72N4O.Pt/c1-66(2,3)47-32-35-72-64(40-47)75-60-23-16-15-22-52(60)53-29-28-51(42-63(53)75)76-50-21-19-20-49(41-50)73-44-74(62-25-18-17-24-61(62)73)65-54(45-26-30-56-58(36-45)69(9,10)34-33-68(56,7)8)38-48(67(4,5)6)39-55(65)46-27-31-57-59(37-46)71(13,14)43-70(57,11)12;/h15-32,35-40H,33-34,43H2,1-14H3;/q-2;/i7D3,8D3,9D3,10D3,11D3,12D3,13D3,14D3,26D,27D,30D,31D,33D2,34D2,36D,37D;. The average molecular weight is 1230 g/mol. The van der Waals surface area contributed by atoms with Crippen LogP contribution in [0.4, 0.5) is 0 Å². The number of imidazole rings is 1. The van der Waals surface area contributed by atoms with Crippen LogP contribution in [-0.4, -0.2) is 14.1 Å². The summed E-state index contributed by atoms with van der Waals surface area (Å²) < 4.78 is 328. The summed E-state index contributed by atoms with van der Waals surface area (Å²) in [5, 5.41) is 1.67. The molecule has 394 valence electrons. The molecule has 0 bridgehead atoms. The summed E-state index contributed by atoms with van der Waals surface area (Å²) >= 11 is 0. The van der Waals surface area contributed by atoms with Gasteiger partial charge in [-0.1, -0.05) is 193 Å². The number of para-hydroxylation sites is 3. The Morgan fingerprint density at radius 1 is 0.610 bits per heavy atom. The molecule has 5 nitrogen and oxygen atoms in total. The van der Waals surface area contributed by atoms with E-state index in [4.69, 9.17) is 42.6 Å². The summed E-state index contributed by atoms with van der Waals surface area (Å²) in [4.78, 5) is 4.77. The van der Waals surface area contributed by atoms with Crippen molar-refractivity contribution in [2.24, 2.45) is 0 Å². The van der Waals surface area contributed by atoms with E-state index in [2.05, 4.69) is 39.2 Å².